The molecule has 11 nitrogen and oxygen atoms in total. The van der Waals surface area contributed by atoms with Crippen LogP contribution in [0.4, 0.5) is 10.2 Å². The Bertz CT molecular complexity index is 1730. The van der Waals surface area contributed by atoms with E-state index in [1.54, 1.807) is 15.8 Å². The molecule has 6 heterocycles. The third kappa shape index (κ3) is 4.56. The quantitative estimate of drug-likeness (QED) is 0.353. The van der Waals surface area contributed by atoms with Crippen molar-refractivity contribution in [2.45, 2.75) is 58.5 Å². The fourth-order valence-corrected chi connectivity index (χ4v) is 5.88. The Labute approximate surface area is 236 Å². The number of anilines is 1. The molecule has 0 aliphatic carbocycles. The van der Waals surface area contributed by atoms with Crippen molar-refractivity contribution in [2.75, 3.05) is 24.5 Å². The largest absolute Gasteiger partial charge is 0.355 e. The second-order valence-corrected chi connectivity index (χ2v) is 10.9. The molecular formula is C29H32FN9O2. The van der Waals surface area contributed by atoms with Crippen LogP contribution >= 0.6 is 0 Å². The lowest BCUT2D eigenvalue weighted by molar-refractivity contribution is -0.126. The Kier molecular flexibility index (Phi) is 6.84. The monoisotopic (exact) mass is 557 g/mol. The van der Waals surface area contributed by atoms with Crippen molar-refractivity contribution in [1.82, 2.24) is 39.4 Å². The summed E-state index contributed by atoms with van der Waals surface area (Å²) in [6.07, 6.45) is 6.89. The molecule has 2 bridgehead atoms. The van der Waals surface area contributed by atoms with E-state index in [2.05, 4.69) is 26.9 Å². The van der Waals surface area contributed by atoms with Crippen LogP contribution in [-0.2, 0) is 17.8 Å². The molecule has 4 aromatic rings. The highest BCUT2D eigenvalue weighted by atomic mass is 19.1. The van der Waals surface area contributed by atoms with Crippen LogP contribution in [-0.4, -0.2) is 71.0 Å². The first-order chi connectivity index (χ1) is 19.8. The van der Waals surface area contributed by atoms with Gasteiger partial charge in [-0.2, -0.15) is 4.98 Å². The van der Waals surface area contributed by atoms with Gasteiger partial charge in [-0.3, -0.25) is 9.78 Å². The van der Waals surface area contributed by atoms with E-state index in [9.17, 15) is 9.59 Å². The molecule has 0 aromatic carbocycles. The number of carbonyl (C=O) groups excluding carboxylic acids is 1. The molecule has 2 aliphatic heterocycles. The number of hydrogen-bond acceptors (Lipinski definition) is 8. The van der Waals surface area contributed by atoms with Crippen molar-refractivity contribution >= 4 is 22.8 Å². The van der Waals surface area contributed by atoms with Crippen molar-refractivity contribution in [3.05, 3.63) is 64.7 Å². The summed E-state index contributed by atoms with van der Waals surface area (Å²) in [7, 11) is 0. The summed E-state index contributed by atoms with van der Waals surface area (Å²) in [5.41, 5.74) is 2.65. The lowest BCUT2D eigenvalue weighted by atomic mass is 10.00. The fraction of sp³-hybridized carbons (Fsp3) is 0.414. The van der Waals surface area contributed by atoms with Gasteiger partial charge in [0.1, 0.15) is 17.2 Å². The zero-order valence-electron chi connectivity index (χ0n) is 23.4. The minimum absolute atomic E-state index is 0.0144. The Balaban J connectivity index is 1.65. The third-order valence-electron chi connectivity index (χ3n) is 7.92. The molecule has 41 heavy (non-hydrogen) atoms. The zero-order valence-corrected chi connectivity index (χ0v) is 23.4. The van der Waals surface area contributed by atoms with Gasteiger partial charge in [0.25, 0.3) is 0 Å². The molecule has 0 unspecified atom stereocenters. The molecule has 2 aliphatic rings. The van der Waals surface area contributed by atoms with Gasteiger partial charge in [-0.05, 0) is 55.9 Å². The second kappa shape index (κ2) is 10.5. The summed E-state index contributed by atoms with van der Waals surface area (Å²) in [6.45, 7) is 11.4. The van der Waals surface area contributed by atoms with E-state index in [-0.39, 0.29) is 29.2 Å². The molecule has 1 atom stereocenters. The summed E-state index contributed by atoms with van der Waals surface area (Å²) >= 11 is 0. The summed E-state index contributed by atoms with van der Waals surface area (Å²) < 4.78 is 19.1. The molecule has 0 spiro atoms. The van der Waals surface area contributed by atoms with Gasteiger partial charge in [-0.1, -0.05) is 25.6 Å². The van der Waals surface area contributed by atoms with Crippen LogP contribution in [0.25, 0.3) is 28.1 Å². The van der Waals surface area contributed by atoms with Crippen LogP contribution in [0.2, 0.25) is 0 Å². The number of rotatable bonds is 3. The third-order valence-corrected chi connectivity index (χ3v) is 7.92. The van der Waals surface area contributed by atoms with E-state index in [0.29, 0.717) is 55.2 Å². The predicted molar refractivity (Wildman–Crippen MR) is 153 cm³/mol. The van der Waals surface area contributed by atoms with Crippen LogP contribution in [0.1, 0.15) is 50.8 Å². The summed E-state index contributed by atoms with van der Waals surface area (Å²) in [5, 5.41) is 8.61. The summed E-state index contributed by atoms with van der Waals surface area (Å²) in [4.78, 5) is 44.0. The number of hydrogen-bond donors (Lipinski definition) is 0. The van der Waals surface area contributed by atoms with Gasteiger partial charge < -0.3 is 9.80 Å². The average molecular weight is 558 g/mol. The highest BCUT2D eigenvalue weighted by Gasteiger charge is 2.31. The van der Waals surface area contributed by atoms with Crippen molar-refractivity contribution in [3.8, 4) is 17.1 Å². The maximum atomic E-state index is 16.0. The minimum atomic E-state index is -0.560. The summed E-state index contributed by atoms with van der Waals surface area (Å²) in [6, 6.07) is 3.15. The minimum Gasteiger partial charge on any atom is -0.350 e. The number of piperazine rings is 1. The number of pyridine rings is 2. The van der Waals surface area contributed by atoms with Gasteiger partial charge in [0.15, 0.2) is 11.5 Å². The number of aryl methyl sites for hydroxylation is 2. The second-order valence-electron chi connectivity index (χ2n) is 10.9. The normalized spacial score (nSPS) is 17.2. The molecule has 212 valence electrons. The first-order valence-electron chi connectivity index (χ1n) is 14.0. The fourth-order valence-electron chi connectivity index (χ4n) is 5.88. The average Bonchev–Trinajstić information content (AvgIpc) is 3.42. The first kappa shape index (κ1) is 26.7. The van der Waals surface area contributed by atoms with Crippen LogP contribution < -0.4 is 10.6 Å². The molecule has 1 saturated heterocycles. The molecule has 4 aromatic heterocycles. The predicted octanol–water partition coefficient (Wildman–Crippen LogP) is 3.26. The number of nitrogens with zero attached hydrogens (tertiary/aromatic N) is 9. The maximum Gasteiger partial charge on any atom is 0.355 e. The van der Waals surface area contributed by atoms with Crippen molar-refractivity contribution in [3.63, 3.8) is 0 Å². The molecule has 0 N–H and O–H groups in total. The smallest absolute Gasteiger partial charge is 0.350 e. The standard InChI is InChI=1S/C29H32FN9O2/c1-5-23(40)36-12-13-37(18(4)16-36)27-20-14-21(30)25-22-15-32-35-38(22)11-7-6-8-19-9-10-31-24(17(2)3)26(19)39(28(20)33-25)29(41)34-27/h5,9-10,14-15,17-18H,1,6-8,11-13,16H2,2-4H3/t18-/m0/s1. The van der Waals surface area contributed by atoms with Crippen LogP contribution in [0.15, 0.2) is 42.0 Å². The van der Waals surface area contributed by atoms with Crippen molar-refractivity contribution in [1.29, 1.82) is 0 Å². The number of aromatic nitrogens is 7. The van der Waals surface area contributed by atoms with Crippen molar-refractivity contribution < 1.29 is 9.18 Å². The van der Waals surface area contributed by atoms with Crippen LogP contribution in [0.5, 0.6) is 0 Å². The lowest BCUT2D eigenvalue weighted by Gasteiger charge is -2.40. The molecule has 0 saturated carbocycles. The van der Waals surface area contributed by atoms with E-state index in [1.807, 2.05) is 31.7 Å². The van der Waals surface area contributed by atoms with Gasteiger partial charge in [0.2, 0.25) is 5.91 Å². The molecule has 1 amide bonds. The van der Waals surface area contributed by atoms with Gasteiger partial charge >= 0.3 is 5.69 Å². The summed E-state index contributed by atoms with van der Waals surface area (Å²) in [5.74, 6) is -0.359. The Morgan fingerprint density at radius 2 is 2.02 bits per heavy atom. The molecular weight excluding hydrogens is 525 g/mol. The topological polar surface area (TPSA) is 115 Å². The Morgan fingerprint density at radius 3 is 2.78 bits per heavy atom. The van der Waals surface area contributed by atoms with Crippen LogP contribution in [0, 0.1) is 5.82 Å². The van der Waals surface area contributed by atoms with E-state index in [1.165, 1.54) is 22.9 Å². The van der Waals surface area contributed by atoms with Crippen molar-refractivity contribution in [2.24, 2.45) is 0 Å². The molecule has 0 radical (unpaired) electrons. The first-order valence-corrected chi connectivity index (χ1v) is 14.0. The molecule has 1 fully saturated rings. The zero-order chi connectivity index (χ0) is 28.8. The van der Waals surface area contributed by atoms with E-state index in [4.69, 9.17) is 4.98 Å². The van der Waals surface area contributed by atoms with E-state index >= 15 is 4.39 Å². The van der Waals surface area contributed by atoms with Gasteiger partial charge in [0.05, 0.1) is 23.0 Å². The highest BCUT2D eigenvalue weighted by molar-refractivity contribution is 5.91. The van der Waals surface area contributed by atoms with E-state index in [0.717, 1.165) is 24.1 Å². The number of fused-ring (bicyclic) bond motifs is 5. The maximum absolute atomic E-state index is 16.0. The number of halogens is 1. The molecule has 12 heteroatoms. The van der Waals surface area contributed by atoms with Gasteiger partial charge in [-0.25, -0.2) is 23.4 Å². The lowest BCUT2D eigenvalue weighted by Crippen LogP contribution is -2.54. The highest BCUT2D eigenvalue weighted by Crippen LogP contribution is 2.34. The van der Waals surface area contributed by atoms with Gasteiger partial charge in [0, 0.05) is 38.4 Å². The number of amides is 1. The van der Waals surface area contributed by atoms with E-state index < -0.39 is 11.5 Å². The SMILES string of the molecule is C=CC(=O)N1CCN(c2nc(=O)n3c4nc(c(F)cc24)-c2cnnn2CCCCc2ccnc(C(C)C)c2-3)[C@@H](C)C1. The van der Waals surface area contributed by atoms with Crippen LogP contribution in [0.3, 0.4) is 0 Å². The molecule has 6 rings (SSSR count). The Hall–Kier alpha value is -4.48. The number of carbonyl (C=O) groups is 1. The Morgan fingerprint density at radius 1 is 1.20 bits per heavy atom. The van der Waals surface area contributed by atoms with Gasteiger partial charge in [-0.15, -0.1) is 5.10 Å².